The molecule has 0 atom stereocenters. The van der Waals surface area contributed by atoms with Gasteiger partial charge in [0.05, 0.1) is 5.02 Å². The maximum Gasteiger partial charge on any atom is 0.253 e. The third-order valence-electron chi connectivity index (χ3n) is 2.94. The lowest BCUT2D eigenvalue weighted by atomic mass is 10.2. The van der Waals surface area contributed by atoms with Gasteiger partial charge in [-0.2, -0.15) is 0 Å². The third-order valence-corrected chi connectivity index (χ3v) is 4.51. The summed E-state index contributed by atoms with van der Waals surface area (Å²) in [6, 6.07) is 11.1. The van der Waals surface area contributed by atoms with Gasteiger partial charge in [0.1, 0.15) is 0 Å². The largest absolute Gasteiger partial charge is 0.341 e. The normalized spacial score (nSPS) is 10.3. The maximum absolute atomic E-state index is 12.3. The fourth-order valence-electron chi connectivity index (χ4n) is 1.78. The van der Waals surface area contributed by atoms with E-state index >= 15 is 0 Å². The molecular formula is C15H14ClIN2O. The fourth-order valence-corrected chi connectivity index (χ4v) is 2.30. The summed E-state index contributed by atoms with van der Waals surface area (Å²) in [7, 11) is 1.79. The number of carbonyl (C=O) groups is 1. The van der Waals surface area contributed by atoms with E-state index in [4.69, 9.17) is 11.6 Å². The average Bonchev–Trinajstić information content (AvgIpc) is 2.48. The first-order valence-corrected chi connectivity index (χ1v) is 7.64. The number of benzene rings is 1. The van der Waals surface area contributed by atoms with Crippen LogP contribution in [0.4, 0.5) is 0 Å². The van der Waals surface area contributed by atoms with Gasteiger partial charge < -0.3 is 4.90 Å². The van der Waals surface area contributed by atoms with Crippen molar-refractivity contribution < 1.29 is 4.79 Å². The summed E-state index contributed by atoms with van der Waals surface area (Å²) in [4.78, 5) is 18.2. The topological polar surface area (TPSA) is 33.2 Å². The van der Waals surface area contributed by atoms with Crippen LogP contribution in [0.5, 0.6) is 0 Å². The molecule has 0 aliphatic carbocycles. The number of aromatic nitrogens is 1. The van der Waals surface area contributed by atoms with Crippen LogP contribution in [0.25, 0.3) is 0 Å². The van der Waals surface area contributed by atoms with E-state index in [0.29, 0.717) is 17.1 Å². The molecule has 0 radical (unpaired) electrons. The Morgan fingerprint density at radius 3 is 2.80 bits per heavy atom. The smallest absolute Gasteiger partial charge is 0.253 e. The second-order valence-electron chi connectivity index (χ2n) is 4.43. The summed E-state index contributed by atoms with van der Waals surface area (Å²) in [5.41, 5.74) is 1.59. The van der Waals surface area contributed by atoms with Gasteiger partial charge in [-0.25, -0.2) is 0 Å². The van der Waals surface area contributed by atoms with E-state index in [1.54, 1.807) is 30.3 Å². The van der Waals surface area contributed by atoms with Gasteiger partial charge in [0.25, 0.3) is 5.91 Å². The minimum absolute atomic E-state index is 0.0285. The molecule has 2 rings (SSSR count). The highest BCUT2D eigenvalue weighted by molar-refractivity contribution is 14.1. The standard InChI is InChI=1S/C15H14ClIN2O/c1-19(9-7-12-4-2-3-8-18-12)15(20)11-5-6-14(17)13(16)10-11/h2-6,8,10H,7,9H2,1H3. The van der Waals surface area contributed by atoms with Crippen molar-refractivity contribution in [1.82, 2.24) is 9.88 Å². The van der Waals surface area contributed by atoms with E-state index in [1.807, 2.05) is 24.3 Å². The van der Waals surface area contributed by atoms with Crippen molar-refractivity contribution in [2.24, 2.45) is 0 Å². The Bertz CT molecular complexity index is 604. The van der Waals surface area contributed by atoms with E-state index in [-0.39, 0.29) is 5.91 Å². The predicted molar refractivity (Wildman–Crippen MR) is 89.1 cm³/mol. The quantitative estimate of drug-likeness (QED) is 0.734. The van der Waals surface area contributed by atoms with Crippen molar-refractivity contribution in [3.8, 4) is 0 Å². The van der Waals surface area contributed by atoms with E-state index in [1.165, 1.54) is 0 Å². The summed E-state index contributed by atoms with van der Waals surface area (Å²) in [5, 5.41) is 0.606. The Kier molecular flexibility index (Phi) is 5.37. The number of likely N-dealkylation sites (N-methyl/N-ethyl adjacent to an activating group) is 1. The molecule has 20 heavy (non-hydrogen) atoms. The van der Waals surface area contributed by atoms with Crippen LogP contribution in [0.3, 0.4) is 0 Å². The lowest BCUT2D eigenvalue weighted by Gasteiger charge is -2.17. The Balaban J connectivity index is 1.99. The third kappa shape index (κ3) is 3.93. The summed E-state index contributed by atoms with van der Waals surface area (Å²) in [6.45, 7) is 0.624. The van der Waals surface area contributed by atoms with Crippen molar-refractivity contribution >= 4 is 40.1 Å². The van der Waals surface area contributed by atoms with Crippen LogP contribution in [0.2, 0.25) is 5.02 Å². The molecule has 0 spiro atoms. The lowest BCUT2D eigenvalue weighted by molar-refractivity contribution is 0.0796. The van der Waals surface area contributed by atoms with Gasteiger partial charge >= 0.3 is 0 Å². The van der Waals surface area contributed by atoms with Gasteiger partial charge in [-0.1, -0.05) is 17.7 Å². The molecule has 0 saturated heterocycles. The number of amides is 1. The van der Waals surface area contributed by atoms with E-state index < -0.39 is 0 Å². The molecule has 0 bridgehead atoms. The Morgan fingerprint density at radius 1 is 1.35 bits per heavy atom. The van der Waals surface area contributed by atoms with Gasteiger partial charge in [-0.3, -0.25) is 9.78 Å². The number of hydrogen-bond donors (Lipinski definition) is 0. The van der Waals surface area contributed by atoms with Gasteiger partial charge in [-0.05, 0) is 52.9 Å². The van der Waals surface area contributed by atoms with Crippen LogP contribution in [-0.2, 0) is 6.42 Å². The van der Waals surface area contributed by atoms with E-state index in [2.05, 4.69) is 27.6 Å². The maximum atomic E-state index is 12.3. The number of nitrogens with zero attached hydrogens (tertiary/aromatic N) is 2. The van der Waals surface area contributed by atoms with Crippen molar-refractivity contribution in [2.45, 2.75) is 6.42 Å². The number of carbonyl (C=O) groups excluding carboxylic acids is 1. The molecular weight excluding hydrogens is 387 g/mol. The van der Waals surface area contributed by atoms with Crippen molar-refractivity contribution in [3.63, 3.8) is 0 Å². The average molecular weight is 401 g/mol. The zero-order valence-corrected chi connectivity index (χ0v) is 13.9. The van der Waals surface area contributed by atoms with Crippen LogP contribution in [-0.4, -0.2) is 29.4 Å². The molecule has 0 N–H and O–H groups in total. The highest BCUT2D eigenvalue weighted by Crippen LogP contribution is 2.20. The second-order valence-corrected chi connectivity index (χ2v) is 6.00. The summed E-state index contributed by atoms with van der Waals surface area (Å²) < 4.78 is 0.942. The lowest BCUT2D eigenvalue weighted by Crippen LogP contribution is -2.29. The molecule has 0 aliphatic heterocycles. The minimum Gasteiger partial charge on any atom is -0.341 e. The summed E-state index contributed by atoms with van der Waals surface area (Å²) >= 11 is 8.19. The number of pyridine rings is 1. The molecule has 0 fully saturated rings. The van der Waals surface area contributed by atoms with Crippen molar-refractivity contribution in [3.05, 3.63) is 62.4 Å². The summed E-state index contributed by atoms with van der Waals surface area (Å²) in [5.74, 6) is -0.0285. The second kappa shape index (κ2) is 7.04. The van der Waals surface area contributed by atoms with Gasteiger partial charge in [0.15, 0.2) is 0 Å². The molecule has 1 heterocycles. The Hall–Kier alpha value is -1.14. The minimum atomic E-state index is -0.0285. The molecule has 2 aromatic rings. The Labute approximate surface area is 137 Å². The molecule has 1 aromatic heterocycles. The molecule has 0 unspecified atom stereocenters. The Morgan fingerprint density at radius 2 is 2.15 bits per heavy atom. The molecule has 0 saturated carbocycles. The molecule has 1 amide bonds. The zero-order valence-electron chi connectivity index (χ0n) is 11.0. The van der Waals surface area contributed by atoms with Crippen LogP contribution in [0.1, 0.15) is 16.1 Å². The summed E-state index contributed by atoms with van der Waals surface area (Å²) in [6.07, 6.45) is 2.50. The molecule has 3 nitrogen and oxygen atoms in total. The van der Waals surface area contributed by atoms with Gasteiger partial charge in [-0.15, -0.1) is 0 Å². The molecule has 1 aromatic carbocycles. The van der Waals surface area contributed by atoms with Crippen molar-refractivity contribution in [1.29, 1.82) is 0 Å². The molecule has 104 valence electrons. The number of halogens is 2. The monoisotopic (exact) mass is 400 g/mol. The highest BCUT2D eigenvalue weighted by atomic mass is 127. The van der Waals surface area contributed by atoms with Crippen LogP contribution < -0.4 is 0 Å². The number of rotatable bonds is 4. The molecule has 5 heteroatoms. The van der Waals surface area contributed by atoms with Crippen LogP contribution >= 0.6 is 34.2 Å². The van der Waals surface area contributed by atoms with Gasteiger partial charge in [0.2, 0.25) is 0 Å². The van der Waals surface area contributed by atoms with Crippen molar-refractivity contribution in [2.75, 3.05) is 13.6 Å². The molecule has 0 aliphatic rings. The van der Waals surface area contributed by atoms with Gasteiger partial charge in [0, 0.05) is 41.0 Å². The first-order valence-electron chi connectivity index (χ1n) is 6.18. The van der Waals surface area contributed by atoms with E-state index in [0.717, 1.165) is 15.7 Å². The van der Waals surface area contributed by atoms with Crippen LogP contribution in [0, 0.1) is 3.57 Å². The first-order chi connectivity index (χ1) is 9.58. The van der Waals surface area contributed by atoms with Crippen LogP contribution in [0.15, 0.2) is 42.6 Å². The SMILES string of the molecule is CN(CCc1ccccn1)C(=O)c1ccc(I)c(Cl)c1. The van der Waals surface area contributed by atoms with E-state index in [9.17, 15) is 4.79 Å². The highest BCUT2D eigenvalue weighted by Gasteiger charge is 2.13. The zero-order chi connectivity index (χ0) is 14.5. The first kappa shape index (κ1) is 15.3. The number of hydrogen-bond acceptors (Lipinski definition) is 2. The fraction of sp³-hybridized carbons (Fsp3) is 0.200. The predicted octanol–water partition coefficient (Wildman–Crippen LogP) is 3.65.